The number of nitrogens with one attached hydrogen (secondary N) is 1. The minimum atomic E-state index is -1.05. The summed E-state index contributed by atoms with van der Waals surface area (Å²) in [6.07, 6.45) is 1.08. The predicted molar refractivity (Wildman–Crippen MR) is 60.5 cm³/mol. The third kappa shape index (κ3) is 11.6. The highest BCUT2D eigenvalue weighted by molar-refractivity contribution is 5.86. The fraction of sp³-hybridized carbons (Fsp3) is 0.300. The second-order valence-corrected chi connectivity index (χ2v) is 2.43. The summed E-state index contributed by atoms with van der Waals surface area (Å²) in [4.78, 5) is 34.6. The number of carbonyl (C=O) groups is 3. The number of aliphatic carboxylic acids is 1. The van der Waals surface area contributed by atoms with Gasteiger partial charge in [-0.05, 0) is 19.9 Å². The van der Waals surface area contributed by atoms with E-state index in [-0.39, 0.29) is 6.61 Å². The first-order valence-corrected chi connectivity index (χ1v) is 4.73. The molecule has 0 aliphatic rings. The van der Waals surface area contributed by atoms with Crippen molar-refractivity contribution in [1.29, 1.82) is 0 Å². The summed E-state index contributed by atoms with van der Waals surface area (Å²) in [7, 11) is 0. The van der Waals surface area contributed by atoms with Gasteiger partial charge in [0.1, 0.15) is 0 Å². The maximum Gasteiger partial charge on any atom is 0.440 e. The lowest BCUT2D eigenvalue weighted by atomic mass is 10.5. The predicted octanol–water partition coefficient (Wildman–Crippen LogP) is 0.909. The van der Waals surface area contributed by atoms with Gasteiger partial charge < -0.3 is 19.8 Å². The van der Waals surface area contributed by atoms with Gasteiger partial charge in [-0.2, -0.15) is 0 Å². The van der Waals surface area contributed by atoms with Crippen LogP contribution in [0.15, 0.2) is 24.5 Å². The van der Waals surface area contributed by atoms with Gasteiger partial charge in [-0.3, -0.25) is 0 Å². The third-order valence-electron chi connectivity index (χ3n) is 1.16. The molecule has 0 saturated carbocycles. The molecular formula is C10H15NO7. The number of allylic oxidation sites excluding steroid dienone is 1. The van der Waals surface area contributed by atoms with Crippen LogP contribution in [0.25, 0.3) is 0 Å². The number of rotatable bonds is 3. The Morgan fingerprint density at radius 3 is 2.17 bits per heavy atom. The zero-order valence-corrected chi connectivity index (χ0v) is 10.0. The molecule has 8 heteroatoms. The Hall–Kier alpha value is -2.51. The van der Waals surface area contributed by atoms with E-state index in [2.05, 4.69) is 16.2 Å². The Bertz CT molecular complexity index is 335. The lowest BCUT2D eigenvalue weighted by Gasteiger charge is -2.03. The van der Waals surface area contributed by atoms with Crippen LogP contribution in [0.1, 0.15) is 13.8 Å². The van der Waals surface area contributed by atoms with E-state index in [9.17, 15) is 14.4 Å². The average molecular weight is 261 g/mol. The fourth-order valence-corrected chi connectivity index (χ4v) is 0.419. The van der Waals surface area contributed by atoms with Gasteiger partial charge >= 0.3 is 18.0 Å². The number of carboxylic acid groups (broad SMARTS) is 1. The molecule has 0 aromatic rings. The highest BCUT2D eigenvalue weighted by Gasteiger charge is 2.10. The molecule has 0 radical (unpaired) electrons. The first-order chi connectivity index (χ1) is 8.38. The molecule has 0 aliphatic heterocycles. The number of carboxylic acids is 1. The third-order valence-corrected chi connectivity index (χ3v) is 1.16. The number of aliphatic hydroxyl groups is 1. The Morgan fingerprint density at radius 1 is 1.33 bits per heavy atom. The summed E-state index contributed by atoms with van der Waals surface area (Å²) >= 11 is 0. The van der Waals surface area contributed by atoms with E-state index in [0.717, 1.165) is 12.2 Å². The molecule has 0 atom stereocenters. The minimum absolute atomic E-state index is 0.166. The van der Waals surface area contributed by atoms with Gasteiger partial charge in [0.2, 0.25) is 0 Å². The number of hydroxylamine groups is 1. The van der Waals surface area contributed by atoms with Gasteiger partial charge in [0.15, 0.2) is 5.76 Å². The van der Waals surface area contributed by atoms with E-state index in [1.807, 2.05) is 0 Å². The van der Waals surface area contributed by atoms with Gasteiger partial charge in [-0.15, -0.1) is 5.48 Å². The van der Waals surface area contributed by atoms with Gasteiger partial charge in [0, 0.05) is 6.08 Å². The quantitative estimate of drug-likeness (QED) is 0.392. The van der Waals surface area contributed by atoms with Crippen molar-refractivity contribution in [2.75, 3.05) is 6.61 Å². The Labute approximate surface area is 103 Å². The summed E-state index contributed by atoms with van der Waals surface area (Å²) in [5, 5.41) is 16.4. The van der Waals surface area contributed by atoms with Crippen molar-refractivity contribution in [2.45, 2.75) is 13.8 Å². The summed E-state index contributed by atoms with van der Waals surface area (Å²) in [6.45, 7) is 6.17. The second-order valence-electron chi connectivity index (χ2n) is 2.43. The second kappa shape index (κ2) is 11.0. The molecule has 0 spiro atoms. The number of hydrogen-bond donors (Lipinski definition) is 3. The summed E-state index contributed by atoms with van der Waals surface area (Å²) < 4.78 is 4.38. The monoisotopic (exact) mass is 261 g/mol. The zero-order chi connectivity index (χ0) is 14.6. The molecular weight excluding hydrogens is 246 g/mol. The molecule has 0 saturated heterocycles. The molecule has 0 aliphatic carbocycles. The van der Waals surface area contributed by atoms with Crippen LogP contribution in [0.4, 0.5) is 4.79 Å². The average Bonchev–Trinajstić information content (AvgIpc) is 2.35. The van der Waals surface area contributed by atoms with Gasteiger partial charge in [0.25, 0.3) is 0 Å². The molecule has 0 fully saturated rings. The van der Waals surface area contributed by atoms with Crippen LogP contribution in [0.2, 0.25) is 0 Å². The maximum atomic E-state index is 10.7. The molecule has 0 aromatic heterocycles. The smallest absolute Gasteiger partial charge is 0.440 e. The van der Waals surface area contributed by atoms with Crippen molar-refractivity contribution in [1.82, 2.24) is 5.48 Å². The van der Waals surface area contributed by atoms with Crippen molar-refractivity contribution in [3.63, 3.8) is 0 Å². The molecule has 3 N–H and O–H groups in total. The Balaban J connectivity index is 0. The van der Waals surface area contributed by atoms with Crippen LogP contribution >= 0.6 is 0 Å². The number of aliphatic hydroxyl groups excluding tert-OH is 1. The molecule has 0 rings (SSSR count). The highest BCUT2D eigenvalue weighted by Crippen LogP contribution is 1.90. The number of carbonyl (C=O) groups excluding carboxylic acids is 2. The lowest BCUT2D eigenvalue weighted by Crippen LogP contribution is -2.28. The molecule has 8 nitrogen and oxygen atoms in total. The van der Waals surface area contributed by atoms with E-state index in [4.69, 9.17) is 10.2 Å². The molecule has 0 heterocycles. The topological polar surface area (TPSA) is 122 Å². The zero-order valence-electron chi connectivity index (χ0n) is 10.0. The van der Waals surface area contributed by atoms with Crippen molar-refractivity contribution in [3.8, 4) is 0 Å². The lowest BCUT2D eigenvalue weighted by molar-refractivity contribution is -0.148. The molecule has 0 aromatic carbocycles. The van der Waals surface area contributed by atoms with E-state index >= 15 is 0 Å². The maximum absolute atomic E-state index is 10.7. The normalized spacial score (nSPS) is 9.33. The van der Waals surface area contributed by atoms with Crippen LogP contribution in [-0.2, 0) is 19.2 Å². The molecule has 0 unspecified atom stereocenters. The minimum Gasteiger partial charge on any atom is -0.502 e. The number of ether oxygens (including phenoxy) is 1. The van der Waals surface area contributed by atoms with Crippen LogP contribution in [-0.4, -0.2) is 34.9 Å². The Kier molecular flexibility index (Phi) is 10.9. The van der Waals surface area contributed by atoms with E-state index in [0.29, 0.717) is 0 Å². The summed E-state index contributed by atoms with van der Waals surface area (Å²) in [5.74, 6) is -2.61. The van der Waals surface area contributed by atoms with E-state index in [1.54, 1.807) is 12.4 Å². The molecule has 0 bridgehead atoms. The van der Waals surface area contributed by atoms with Gasteiger partial charge in [-0.1, -0.05) is 6.58 Å². The summed E-state index contributed by atoms with van der Waals surface area (Å²) in [6, 6.07) is 0. The van der Waals surface area contributed by atoms with Crippen molar-refractivity contribution in [2.24, 2.45) is 0 Å². The highest BCUT2D eigenvalue weighted by atomic mass is 16.7. The molecule has 18 heavy (non-hydrogen) atoms. The fourth-order valence-electron chi connectivity index (χ4n) is 0.419. The van der Waals surface area contributed by atoms with Gasteiger partial charge in [-0.25, -0.2) is 14.4 Å². The molecule has 1 amide bonds. The van der Waals surface area contributed by atoms with Gasteiger partial charge in [0.05, 0.1) is 6.61 Å². The number of amides is 1. The SMILES string of the molecule is C=CC(=O)O.CC=C(O)C(=O)ONC(=O)OCC. The number of hydrogen-bond acceptors (Lipinski definition) is 6. The van der Waals surface area contributed by atoms with E-state index < -0.39 is 23.8 Å². The standard InChI is InChI=1S/C7H11NO5.C3H4O2/c1-3-5(9)6(10)13-8-7(11)12-4-2;1-2-3(4)5/h3,9H,4H2,1-2H3,(H,8,11);2H,1H2,(H,4,5). The first-order valence-electron chi connectivity index (χ1n) is 4.73. The Morgan fingerprint density at radius 2 is 1.83 bits per heavy atom. The van der Waals surface area contributed by atoms with Crippen molar-refractivity contribution < 1.29 is 34.2 Å². The molecule has 102 valence electrons. The summed E-state index contributed by atoms with van der Waals surface area (Å²) in [5.41, 5.74) is 1.69. The van der Waals surface area contributed by atoms with Crippen LogP contribution in [0.3, 0.4) is 0 Å². The van der Waals surface area contributed by atoms with Crippen LogP contribution < -0.4 is 5.48 Å². The van der Waals surface area contributed by atoms with Crippen molar-refractivity contribution >= 4 is 18.0 Å². The van der Waals surface area contributed by atoms with Crippen LogP contribution in [0.5, 0.6) is 0 Å². The van der Waals surface area contributed by atoms with Crippen LogP contribution in [0, 0.1) is 0 Å². The van der Waals surface area contributed by atoms with Crippen molar-refractivity contribution in [3.05, 3.63) is 24.5 Å². The first kappa shape index (κ1) is 17.9. The van der Waals surface area contributed by atoms with E-state index in [1.165, 1.54) is 6.92 Å². The largest absolute Gasteiger partial charge is 0.502 e.